The van der Waals surface area contributed by atoms with Gasteiger partial charge in [0.25, 0.3) is 0 Å². The predicted molar refractivity (Wildman–Crippen MR) is 179 cm³/mol. The highest BCUT2D eigenvalue weighted by molar-refractivity contribution is 5.00. The third-order valence-corrected chi connectivity index (χ3v) is 12.2. The number of rotatable bonds is 11. The van der Waals surface area contributed by atoms with Crippen LogP contribution in [0.15, 0.2) is 12.2 Å². The van der Waals surface area contributed by atoms with Crippen molar-refractivity contribution in [2.45, 2.75) is 174 Å². The first-order valence-corrected chi connectivity index (χ1v) is 19.3. The Kier molecular flexibility index (Phi) is 14.6. The monoisotopic (exact) mass is 764 g/mol. The standard InChI is InChI=1S/C36H60O17/c37-14-26-28(42)30(44)32(46)35(52-26)50-24-12-19(39)11-23-20(24)13-25(34(49-23)17-5-8-21(40)22(41)10-17)51-36-33(47)31(45)29(43)27(53-36)15-48-9-1-2-16-3-6-18(38)7-4-16/h1-2,16-47H,3-15H2/t16?,17?,18?,19?,20?,21?,22?,23?,24?,25?,26-,27-,28-,29-,30+,31+,32-,33-,34?,35-,36-/m1/s1. The fourth-order valence-corrected chi connectivity index (χ4v) is 9.02. The Morgan fingerprint density at radius 1 is 0.566 bits per heavy atom. The third-order valence-electron chi connectivity index (χ3n) is 12.2. The Bertz CT molecular complexity index is 1160. The van der Waals surface area contributed by atoms with Gasteiger partial charge in [0, 0.05) is 12.3 Å². The van der Waals surface area contributed by atoms with E-state index >= 15 is 0 Å². The number of hydrogen-bond donors (Lipinski definition) is 11. The van der Waals surface area contributed by atoms with Crippen LogP contribution in [-0.2, 0) is 28.4 Å². The van der Waals surface area contributed by atoms with Crippen LogP contribution < -0.4 is 0 Å². The van der Waals surface area contributed by atoms with Crippen molar-refractivity contribution in [2.75, 3.05) is 19.8 Å². The summed E-state index contributed by atoms with van der Waals surface area (Å²) in [7, 11) is 0. The molecular formula is C36H60O17. The van der Waals surface area contributed by atoms with Gasteiger partial charge in [0.15, 0.2) is 12.6 Å². The maximum Gasteiger partial charge on any atom is 0.187 e. The van der Waals surface area contributed by atoms with Crippen LogP contribution >= 0.6 is 0 Å². The smallest absolute Gasteiger partial charge is 0.187 e. The molecule has 6 fully saturated rings. The van der Waals surface area contributed by atoms with Gasteiger partial charge in [0.05, 0.1) is 68.7 Å². The summed E-state index contributed by atoms with van der Waals surface area (Å²) in [6, 6.07) is 0. The van der Waals surface area contributed by atoms with E-state index in [2.05, 4.69) is 0 Å². The van der Waals surface area contributed by atoms with E-state index in [0.29, 0.717) is 18.8 Å². The third kappa shape index (κ3) is 9.79. The summed E-state index contributed by atoms with van der Waals surface area (Å²) in [5.41, 5.74) is 0. The summed E-state index contributed by atoms with van der Waals surface area (Å²) in [5, 5.41) is 115. The minimum absolute atomic E-state index is 0.0925. The van der Waals surface area contributed by atoms with Crippen LogP contribution in [0.25, 0.3) is 0 Å². The van der Waals surface area contributed by atoms with Gasteiger partial charge in [-0.3, -0.25) is 0 Å². The molecule has 0 aromatic carbocycles. The quantitative estimate of drug-likeness (QED) is 0.0736. The number of allylic oxidation sites excluding steroid dienone is 1. The second-order valence-electron chi connectivity index (χ2n) is 16.0. The largest absolute Gasteiger partial charge is 0.394 e. The van der Waals surface area contributed by atoms with E-state index in [4.69, 9.17) is 28.4 Å². The molecule has 6 rings (SSSR count). The van der Waals surface area contributed by atoms with Gasteiger partial charge in [-0.25, -0.2) is 0 Å². The SMILES string of the molecule is OC[C@H]1O[C@@H](OC2CC(O)CC3OC(C4CCC(O)C(O)C4)C(O[C@@H]4O[C@H](COCC=CC5CCC(O)CC5)[C@@H](O)[C@H](O)[C@H]4O)CC32)[C@H](O)[C@@H](O)[C@@H]1O. The first kappa shape index (κ1) is 41.7. The molecule has 17 heteroatoms. The summed E-state index contributed by atoms with van der Waals surface area (Å²) in [5.74, 6) is -0.458. The Morgan fingerprint density at radius 3 is 1.87 bits per heavy atom. The van der Waals surface area contributed by atoms with E-state index in [9.17, 15) is 56.2 Å². The molecule has 53 heavy (non-hydrogen) atoms. The van der Waals surface area contributed by atoms with Gasteiger partial charge in [-0.2, -0.15) is 0 Å². The van der Waals surface area contributed by atoms with Crippen LogP contribution in [0.4, 0.5) is 0 Å². The van der Waals surface area contributed by atoms with Crippen molar-refractivity contribution in [1.82, 2.24) is 0 Å². The van der Waals surface area contributed by atoms with Crippen molar-refractivity contribution in [2.24, 2.45) is 17.8 Å². The van der Waals surface area contributed by atoms with Gasteiger partial charge in [-0.1, -0.05) is 12.2 Å². The molecule has 6 aliphatic rings. The summed E-state index contributed by atoms with van der Waals surface area (Å²) in [6.45, 7) is -0.547. The molecular weight excluding hydrogens is 704 g/mol. The lowest BCUT2D eigenvalue weighted by atomic mass is 9.72. The number of hydrogen-bond acceptors (Lipinski definition) is 17. The second-order valence-corrected chi connectivity index (χ2v) is 16.0. The molecule has 3 saturated carbocycles. The van der Waals surface area contributed by atoms with Crippen LogP contribution in [0.2, 0.25) is 0 Å². The highest BCUT2D eigenvalue weighted by Gasteiger charge is 2.54. The first-order chi connectivity index (χ1) is 25.3. The summed E-state index contributed by atoms with van der Waals surface area (Å²) < 4.78 is 36.6. The van der Waals surface area contributed by atoms with Gasteiger partial charge < -0.3 is 84.6 Å². The van der Waals surface area contributed by atoms with E-state index < -0.39 is 117 Å². The lowest BCUT2D eigenvalue weighted by Gasteiger charge is -2.52. The highest BCUT2D eigenvalue weighted by Crippen LogP contribution is 2.45. The highest BCUT2D eigenvalue weighted by atomic mass is 16.7. The topological polar surface area (TPSA) is 278 Å². The molecule has 0 radical (unpaired) electrons. The van der Waals surface area contributed by atoms with Gasteiger partial charge in [0.1, 0.15) is 48.8 Å². The second kappa shape index (κ2) is 18.5. The minimum atomic E-state index is -1.67. The molecule has 3 saturated heterocycles. The molecule has 3 heterocycles. The minimum Gasteiger partial charge on any atom is -0.394 e. The molecule has 11 N–H and O–H groups in total. The van der Waals surface area contributed by atoms with Crippen molar-refractivity contribution in [1.29, 1.82) is 0 Å². The van der Waals surface area contributed by atoms with Crippen molar-refractivity contribution < 1.29 is 84.6 Å². The summed E-state index contributed by atoms with van der Waals surface area (Å²) >= 11 is 0. The van der Waals surface area contributed by atoms with Crippen molar-refractivity contribution >= 4 is 0 Å². The number of aliphatic hydroxyl groups excluding tert-OH is 11. The molecule has 306 valence electrons. The molecule has 9 unspecified atom stereocenters. The molecule has 0 amide bonds. The molecule has 0 aromatic heterocycles. The Balaban J connectivity index is 1.15. The molecule has 0 bridgehead atoms. The Labute approximate surface area is 308 Å². The zero-order valence-corrected chi connectivity index (χ0v) is 29.8. The van der Waals surface area contributed by atoms with E-state index in [1.165, 1.54) is 0 Å². The molecule has 3 aliphatic carbocycles. The average molecular weight is 765 g/mol. The molecule has 3 aliphatic heterocycles. The first-order valence-electron chi connectivity index (χ1n) is 19.3. The maximum atomic E-state index is 11.1. The van der Waals surface area contributed by atoms with Crippen molar-refractivity contribution in [3.63, 3.8) is 0 Å². The average Bonchev–Trinajstić information content (AvgIpc) is 3.14. The predicted octanol–water partition coefficient (Wildman–Crippen LogP) is -3.06. The number of ether oxygens (including phenoxy) is 6. The Hall–Kier alpha value is -0.940. The summed E-state index contributed by atoms with van der Waals surface area (Å²) in [6.07, 6.45) is -12.2. The van der Waals surface area contributed by atoms with Crippen LogP contribution in [0.1, 0.15) is 64.2 Å². The normalized spacial score (nSPS) is 51.3. The lowest BCUT2D eigenvalue weighted by molar-refractivity contribution is -0.345. The maximum absolute atomic E-state index is 11.1. The van der Waals surface area contributed by atoms with Crippen molar-refractivity contribution in [3.8, 4) is 0 Å². The zero-order valence-electron chi connectivity index (χ0n) is 29.8. The van der Waals surface area contributed by atoms with Crippen LogP contribution in [-0.4, -0.2) is 186 Å². The lowest BCUT2D eigenvalue weighted by Crippen LogP contribution is -2.63. The van der Waals surface area contributed by atoms with Crippen molar-refractivity contribution in [3.05, 3.63) is 12.2 Å². The van der Waals surface area contributed by atoms with Gasteiger partial charge in [0.2, 0.25) is 0 Å². The summed E-state index contributed by atoms with van der Waals surface area (Å²) in [4.78, 5) is 0. The van der Waals surface area contributed by atoms with Gasteiger partial charge >= 0.3 is 0 Å². The molecule has 19 atom stereocenters. The van der Waals surface area contributed by atoms with Gasteiger partial charge in [-0.15, -0.1) is 0 Å². The van der Waals surface area contributed by atoms with Crippen LogP contribution in [0, 0.1) is 17.8 Å². The number of aliphatic hydroxyl groups is 11. The van der Waals surface area contributed by atoms with E-state index in [0.717, 1.165) is 25.7 Å². The van der Waals surface area contributed by atoms with E-state index in [-0.39, 0.29) is 50.9 Å². The fraction of sp³-hybridized carbons (Fsp3) is 0.944. The van der Waals surface area contributed by atoms with E-state index in [1.807, 2.05) is 12.2 Å². The molecule has 0 aromatic rings. The fourth-order valence-electron chi connectivity index (χ4n) is 9.02. The van der Waals surface area contributed by atoms with Crippen LogP contribution in [0.5, 0.6) is 0 Å². The zero-order chi connectivity index (χ0) is 38.0. The van der Waals surface area contributed by atoms with Crippen LogP contribution in [0.3, 0.4) is 0 Å². The molecule has 17 nitrogen and oxygen atoms in total. The molecule has 0 spiro atoms. The number of fused-ring (bicyclic) bond motifs is 1. The van der Waals surface area contributed by atoms with Gasteiger partial charge in [-0.05, 0) is 69.6 Å². The Morgan fingerprint density at radius 2 is 1.21 bits per heavy atom. The van der Waals surface area contributed by atoms with E-state index in [1.54, 1.807) is 0 Å².